The van der Waals surface area contributed by atoms with Gasteiger partial charge in [0.05, 0.1) is 12.2 Å². The number of esters is 1. The number of hydrogen-bond acceptors (Lipinski definition) is 6. The van der Waals surface area contributed by atoms with Crippen LogP contribution in [-0.2, 0) is 31.3 Å². The van der Waals surface area contributed by atoms with Gasteiger partial charge in [-0.2, -0.15) is 5.10 Å². The summed E-state index contributed by atoms with van der Waals surface area (Å²) in [6, 6.07) is 12.0. The third-order valence-corrected chi connectivity index (χ3v) is 6.28. The zero-order valence-electron chi connectivity index (χ0n) is 17.5. The van der Waals surface area contributed by atoms with Gasteiger partial charge in [0.1, 0.15) is 10.7 Å². The first-order valence-corrected chi connectivity index (χ1v) is 10.8. The Morgan fingerprint density at radius 3 is 2.68 bits per heavy atom. The third-order valence-electron chi connectivity index (χ3n) is 5.15. The third kappa shape index (κ3) is 4.98. The highest BCUT2D eigenvalue weighted by atomic mass is 35.5. The van der Waals surface area contributed by atoms with Crippen LogP contribution < -0.4 is 5.32 Å². The van der Waals surface area contributed by atoms with Gasteiger partial charge in [-0.3, -0.25) is 14.4 Å². The molecular formula is C22H25ClN4O3S. The molecule has 0 saturated heterocycles. The maximum atomic E-state index is 12.7. The Bertz CT molecular complexity index is 1060. The van der Waals surface area contributed by atoms with Crippen LogP contribution in [0, 0.1) is 0 Å². The Morgan fingerprint density at radius 2 is 2.00 bits per heavy atom. The van der Waals surface area contributed by atoms with E-state index in [0.717, 1.165) is 36.5 Å². The van der Waals surface area contributed by atoms with E-state index < -0.39 is 0 Å². The van der Waals surface area contributed by atoms with Crippen molar-refractivity contribution in [3.63, 3.8) is 0 Å². The number of benzene rings is 1. The Labute approximate surface area is 191 Å². The molecule has 164 valence electrons. The summed E-state index contributed by atoms with van der Waals surface area (Å²) >= 11 is 1.46. The monoisotopic (exact) mass is 460 g/mol. The lowest BCUT2D eigenvalue weighted by Gasteiger charge is -2.27. The molecule has 0 saturated carbocycles. The van der Waals surface area contributed by atoms with Gasteiger partial charge in [-0.15, -0.1) is 23.7 Å². The summed E-state index contributed by atoms with van der Waals surface area (Å²) in [5.74, 6) is -0.674. The first-order chi connectivity index (χ1) is 14.6. The summed E-state index contributed by atoms with van der Waals surface area (Å²) in [6.07, 6.45) is 2.32. The molecule has 2 aromatic heterocycles. The number of halogens is 1. The fraction of sp³-hybridized carbons (Fsp3) is 0.318. The molecule has 1 N–H and O–H groups in total. The molecular weight excluding hydrogens is 436 g/mol. The first-order valence-electron chi connectivity index (χ1n) is 9.94. The SMILES string of the molecule is CCOC(=O)c1c(NC(=O)c2ccnn2C)sc2c1CCN(Cc1ccccc1)C2.Cl. The van der Waals surface area contributed by atoms with Gasteiger partial charge in [-0.05, 0) is 30.5 Å². The molecule has 0 radical (unpaired) electrons. The summed E-state index contributed by atoms with van der Waals surface area (Å²) < 4.78 is 6.81. The van der Waals surface area contributed by atoms with E-state index in [2.05, 4.69) is 27.4 Å². The molecule has 3 heterocycles. The highest BCUT2D eigenvalue weighted by Gasteiger charge is 2.30. The number of rotatable bonds is 6. The van der Waals surface area contributed by atoms with E-state index in [1.54, 1.807) is 26.2 Å². The minimum Gasteiger partial charge on any atom is -0.462 e. The van der Waals surface area contributed by atoms with Gasteiger partial charge in [0.25, 0.3) is 5.91 Å². The maximum absolute atomic E-state index is 12.7. The van der Waals surface area contributed by atoms with Crippen molar-refractivity contribution in [2.24, 2.45) is 7.05 Å². The van der Waals surface area contributed by atoms with Gasteiger partial charge in [-0.25, -0.2) is 4.79 Å². The van der Waals surface area contributed by atoms with Crippen LogP contribution in [0.5, 0.6) is 0 Å². The van der Waals surface area contributed by atoms with E-state index in [1.165, 1.54) is 21.6 Å². The lowest BCUT2D eigenvalue weighted by atomic mass is 10.0. The van der Waals surface area contributed by atoms with E-state index in [9.17, 15) is 9.59 Å². The van der Waals surface area contributed by atoms with E-state index in [1.807, 2.05) is 18.2 Å². The fourth-order valence-corrected chi connectivity index (χ4v) is 4.98. The Morgan fingerprint density at radius 1 is 1.23 bits per heavy atom. The number of aryl methyl sites for hydroxylation is 1. The highest BCUT2D eigenvalue weighted by molar-refractivity contribution is 7.17. The lowest BCUT2D eigenvalue weighted by Crippen LogP contribution is -2.30. The zero-order chi connectivity index (χ0) is 21.1. The Kier molecular flexibility index (Phi) is 7.48. The summed E-state index contributed by atoms with van der Waals surface area (Å²) in [5, 5.41) is 7.50. The van der Waals surface area contributed by atoms with Crippen LogP contribution in [0.1, 0.15) is 43.8 Å². The van der Waals surface area contributed by atoms with Crippen molar-refractivity contribution in [1.29, 1.82) is 0 Å². The number of aromatic nitrogens is 2. The smallest absolute Gasteiger partial charge is 0.341 e. The molecule has 31 heavy (non-hydrogen) atoms. The molecule has 0 fully saturated rings. The number of carbonyl (C=O) groups is 2. The van der Waals surface area contributed by atoms with Crippen molar-refractivity contribution in [2.75, 3.05) is 18.5 Å². The molecule has 0 unspecified atom stereocenters. The minimum absolute atomic E-state index is 0. The molecule has 3 aromatic rings. The van der Waals surface area contributed by atoms with Gasteiger partial charge in [0.15, 0.2) is 0 Å². The zero-order valence-corrected chi connectivity index (χ0v) is 19.1. The maximum Gasteiger partial charge on any atom is 0.341 e. The molecule has 1 aliphatic rings. The summed E-state index contributed by atoms with van der Waals surface area (Å²) in [4.78, 5) is 28.9. The second-order valence-corrected chi connectivity index (χ2v) is 8.27. The number of fused-ring (bicyclic) bond motifs is 1. The predicted octanol–water partition coefficient (Wildman–Crippen LogP) is 3.89. The van der Waals surface area contributed by atoms with Crippen LogP contribution in [0.3, 0.4) is 0 Å². The van der Waals surface area contributed by atoms with Crippen LogP contribution in [0.25, 0.3) is 0 Å². The van der Waals surface area contributed by atoms with Crippen molar-refractivity contribution in [3.8, 4) is 0 Å². The van der Waals surface area contributed by atoms with Crippen molar-refractivity contribution < 1.29 is 14.3 Å². The van der Waals surface area contributed by atoms with Crippen LogP contribution in [0.4, 0.5) is 5.00 Å². The minimum atomic E-state index is -0.383. The van der Waals surface area contributed by atoms with Gasteiger partial charge < -0.3 is 10.1 Å². The highest BCUT2D eigenvalue weighted by Crippen LogP contribution is 2.38. The second kappa shape index (κ2) is 10.1. The van der Waals surface area contributed by atoms with Crippen LogP contribution in [-0.4, -0.2) is 39.7 Å². The van der Waals surface area contributed by atoms with Crippen LogP contribution >= 0.6 is 23.7 Å². The predicted molar refractivity (Wildman–Crippen MR) is 123 cm³/mol. The van der Waals surface area contributed by atoms with Crippen molar-refractivity contribution >= 4 is 40.6 Å². The van der Waals surface area contributed by atoms with E-state index in [-0.39, 0.29) is 24.3 Å². The number of hydrogen-bond donors (Lipinski definition) is 1. The number of amides is 1. The number of nitrogens with zero attached hydrogens (tertiary/aromatic N) is 3. The number of ether oxygens (including phenoxy) is 1. The standard InChI is InChI=1S/C22H24N4O3S.ClH/c1-3-29-22(28)19-16-10-12-26(13-15-7-5-4-6-8-15)14-18(16)30-21(19)24-20(27)17-9-11-23-25(17)2;/h4-9,11H,3,10,12-14H2,1-2H3,(H,24,27);1H. The molecule has 0 aliphatic carbocycles. The largest absolute Gasteiger partial charge is 0.462 e. The summed E-state index contributed by atoms with van der Waals surface area (Å²) in [6.45, 7) is 4.51. The molecule has 1 aliphatic heterocycles. The quantitative estimate of drug-likeness (QED) is 0.565. The lowest BCUT2D eigenvalue weighted by molar-refractivity contribution is 0.0526. The molecule has 9 heteroatoms. The molecule has 0 bridgehead atoms. The van der Waals surface area contributed by atoms with Gasteiger partial charge in [0, 0.05) is 37.8 Å². The second-order valence-electron chi connectivity index (χ2n) is 7.17. The molecule has 1 amide bonds. The van der Waals surface area contributed by atoms with E-state index in [4.69, 9.17) is 4.74 Å². The number of carbonyl (C=O) groups excluding carboxylic acids is 2. The topological polar surface area (TPSA) is 76.5 Å². The Balaban J connectivity index is 0.00000272. The van der Waals surface area contributed by atoms with E-state index in [0.29, 0.717) is 22.9 Å². The van der Waals surface area contributed by atoms with Gasteiger partial charge in [-0.1, -0.05) is 30.3 Å². The normalized spacial score (nSPS) is 13.2. The van der Waals surface area contributed by atoms with Gasteiger partial charge >= 0.3 is 5.97 Å². The van der Waals surface area contributed by atoms with E-state index >= 15 is 0 Å². The van der Waals surface area contributed by atoms with Gasteiger partial charge in [0.2, 0.25) is 0 Å². The Hall–Kier alpha value is -2.68. The molecule has 4 rings (SSSR count). The summed E-state index contributed by atoms with van der Waals surface area (Å²) in [5.41, 5.74) is 3.17. The number of anilines is 1. The van der Waals surface area contributed by atoms with Crippen molar-refractivity contribution in [1.82, 2.24) is 14.7 Å². The van der Waals surface area contributed by atoms with Crippen LogP contribution in [0.2, 0.25) is 0 Å². The first kappa shape index (κ1) is 23.0. The van der Waals surface area contributed by atoms with Crippen LogP contribution in [0.15, 0.2) is 42.6 Å². The number of thiophene rings is 1. The molecule has 0 spiro atoms. The molecule has 1 aromatic carbocycles. The average Bonchev–Trinajstić information content (AvgIpc) is 3.31. The van der Waals surface area contributed by atoms with Crippen molar-refractivity contribution in [2.45, 2.75) is 26.4 Å². The fourth-order valence-electron chi connectivity index (χ4n) is 3.70. The molecule has 7 nitrogen and oxygen atoms in total. The average molecular weight is 461 g/mol. The molecule has 0 atom stereocenters. The van der Waals surface area contributed by atoms with Crippen molar-refractivity contribution in [3.05, 3.63) is 69.9 Å². The number of nitrogens with one attached hydrogen (secondary N) is 1. The summed E-state index contributed by atoms with van der Waals surface area (Å²) in [7, 11) is 1.71.